The van der Waals surface area contributed by atoms with E-state index in [9.17, 15) is 0 Å². The molecule has 3 rings (SSSR count). The van der Waals surface area contributed by atoms with Crippen molar-refractivity contribution in [1.29, 1.82) is 0 Å². The Morgan fingerprint density at radius 3 is 2.79 bits per heavy atom. The van der Waals surface area contributed by atoms with Crippen molar-refractivity contribution in [3.8, 4) is 0 Å². The van der Waals surface area contributed by atoms with E-state index in [0.717, 1.165) is 24.4 Å². The summed E-state index contributed by atoms with van der Waals surface area (Å²) in [6, 6.07) is 6.69. The molecule has 1 aliphatic rings. The first-order valence-corrected chi connectivity index (χ1v) is 7.25. The molecule has 0 spiro atoms. The Balaban J connectivity index is 1.96. The van der Waals surface area contributed by atoms with Crippen molar-refractivity contribution in [2.75, 3.05) is 13.1 Å². The Labute approximate surface area is 114 Å². The number of H-pyrrole nitrogens is 1. The molecule has 0 bridgehead atoms. The van der Waals surface area contributed by atoms with Gasteiger partial charge in [-0.1, -0.05) is 26.8 Å². The molecule has 3 heteroatoms. The number of fused-ring (bicyclic) bond motifs is 1. The monoisotopic (exact) mass is 257 g/mol. The molecule has 0 saturated carbocycles. The van der Waals surface area contributed by atoms with Gasteiger partial charge in [0.15, 0.2) is 0 Å². The predicted molar refractivity (Wildman–Crippen MR) is 79.6 cm³/mol. The van der Waals surface area contributed by atoms with E-state index in [4.69, 9.17) is 4.98 Å². The summed E-state index contributed by atoms with van der Waals surface area (Å²) in [5, 5.41) is 3.49. The Hall–Kier alpha value is -1.35. The van der Waals surface area contributed by atoms with Gasteiger partial charge in [-0.15, -0.1) is 0 Å². The lowest BCUT2D eigenvalue weighted by Gasteiger charge is -2.23. The van der Waals surface area contributed by atoms with E-state index in [1.807, 2.05) is 0 Å². The van der Waals surface area contributed by atoms with Gasteiger partial charge >= 0.3 is 0 Å². The second-order valence-corrected chi connectivity index (χ2v) is 6.66. The highest BCUT2D eigenvalue weighted by Gasteiger charge is 2.19. The molecule has 19 heavy (non-hydrogen) atoms. The first kappa shape index (κ1) is 12.7. The Bertz CT molecular complexity index is 571. The summed E-state index contributed by atoms with van der Waals surface area (Å²) in [6.07, 6.45) is 2.57. The normalized spacial score (nSPS) is 20.9. The highest BCUT2D eigenvalue weighted by atomic mass is 14.9. The molecule has 0 aliphatic carbocycles. The SMILES string of the molecule is CC(C)(C)c1nc2ccc(C3CCCNC3)cc2[nH]1. The van der Waals surface area contributed by atoms with E-state index in [0.29, 0.717) is 5.92 Å². The Morgan fingerprint density at radius 2 is 2.11 bits per heavy atom. The second kappa shape index (κ2) is 4.64. The largest absolute Gasteiger partial charge is 0.342 e. The summed E-state index contributed by atoms with van der Waals surface area (Å²) in [7, 11) is 0. The summed E-state index contributed by atoms with van der Waals surface area (Å²) in [4.78, 5) is 8.18. The maximum atomic E-state index is 4.70. The summed E-state index contributed by atoms with van der Waals surface area (Å²) in [5.74, 6) is 1.72. The fourth-order valence-electron chi connectivity index (χ4n) is 2.77. The van der Waals surface area contributed by atoms with Gasteiger partial charge in [0.2, 0.25) is 0 Å². The first-order valence-electron chi connectivity index (χ1n) is 7.25. The molecule has 0 radical (unpaired) electrons. The first-order chi connectivity index (χ1) is 9.04. The fourth-order valence-corrected chi connectivity index (χ4v) is 2.77. The third-order valence-corrected chi connectivity index (χ3v) is 3.98. The smallest absolute Gasteiger partial charge is 0.112 e. The minimum atomic E-state index is 0.0750. The summed E-state index contributed by atoms with van der Waals surface area (Å²) in [5.41, 5.74) is 3.76. The zero-order chi connectivity index (χ0) is 13.5. The number of piperidine rings is 1. The number of aromatic amines is 1. The number of rotatable bonds is 1. The quantitative estimate of drug-likeness (QED) is 0.822. The lowest BCUT2D eigenvalue weighted by atomic mass is 9.91. The van der Waals surface area contributed by atoms with Gasteiger partial charge in [0.25, 0.3) is 0 Å². The van der Waals surface area contributed by atoms with E-state index in [-0.39, 0.29) is 5.41 Å². The van der Waals surface area contributed by atoms with Crippen molar-refractivity contribution in [2.24, 2.45) is 0 Å². The molecule has 0 amide bonds. The molecular formula is C16H23N3. The van der Waals surface area contributed by atoms with Crippen molar-refractivity contribution in [3.05, 3.63) is 29.6 Å². The van der Waals surface area contributed by atoms with Crippen molar-refractivity contribution in [3.63, 3.8) is 0 Å². The predicted octanol–water partition coefficient (Wildman–Crippen LogP) is 3.33. The van der Waals surface area contributed by atoms with Gasteiger partial charge in [0.1, 0.15) is 5.82 Å². The topological polar surface area (TPSA) is 40.7 Å². The van der Waals surface area contributed by atoms with E-state index < -0.39 is 0 Å². The van der Waals surface area contributed by atoms with Crippen LogP contribution in [0.3, 0.4) is 0 Å². The van der Waals surface area contributed by atoms with Crippen LogP contribution in [0.25, 0.3) is 11.0 Å². The van der Waals surface area contributed by atoms with Crippen molar-refractivity contribution in [2.45, 2.75) is 44.9 Å². The summed E-state index contributed by atoms with van der Waals surface area (Å²) >= 11 is 0. The van der Waals surface area contributed by atoms with E-state index in [1.54, 1.807) is 0 Å². The molecule has 1 aromatic carbocycles. The van der Waals surface area contributed by atoms with E-state index in [2.05, 4.69) is 49.3 Å². The highest BCUT2D eigenvalue weighted by molar-refractivity contribution is 5.76. The second-order valence-electron chi connectivity index (χ2n) is 6.66. The lowest BCUT2D eigenvalue weighted by molar-refractivity contribution is 0.462. The molecule has 1 aromatic heterocycles. The average Bonchev–Trinajstić information content (AvgIpc) is 2.82. The van der Waals surface area contributed by atoms with Crippen LogP contribution in [0.4, 0.5) is 0 Å². The maximum absolute atomic E-state index is 4.70. The zero-order valence-electron chi connectivity index (χ0n) is 12.1. The number of benzene rings is 1. The van der Waals surface area contributed by atoms with E-state index in [1.165, 1.54) is 23.9 Å². The van der Waals surface area contributed by atoms with E-state index >= 15 is 0 Å². The number of hydrogen-bond acceptors (Lipinski definition) is 2. The van der Waals surface area contributed by atoms with Crippen molar-refractivity contribution < 1.29 is 0 Å². The van der Waals surface area contributed by atoms with Gasteiger partial charge in [0.05, 0.1) is 11.0 Å². The molecule has 1 fully saturated rings. The zero-order valence-corrected chi connectivity index (χ0v) is 12.1. The molecule has 1 saturated heterocycles. The van der Waals surface area contributed by atoms with Crippen LogP contribution in [-0.2, 0) is 5.41 Å². The van der Waals surface area contributed by atoms with Gasteiger partial charge in [0, 0.05) is 12.0 Å². The summed E-state index contributed by atoms with van der Waals surface area (Å²) in [6.45, 7) is 8.84. The van der Waals surface area contributed by atoms with Crippen molar-refractivity contribution in [1.82, 2.24) is 15.3 Å². The molecule has 1 aliphatic heterocycles. The van der Waals surface area contributed by atoms with Crippen LogP contribution in [-0.4, -0.2) is 23.1 Å². The molecule has 3 nitrogen and oxygen atoms in total. The Kier molecular flexibility index (Phi) is 3.09. The minimum Gasteiger partial charge on any atom is -0.342 e. The molecule has 2 aromatic rings. The van der Waals surface area contributed by atoms with Crippen LogP contribution in [0.2, 0.25) is 0 Å². The highest BCUT2D eigenvalue weighted by Crippen LogP contribution is 2.27. The molecule has 2 N–H and O–H groups in total. The molecule has 102 valence electrons. The van der Waals surface area contributed by atoms with Crippen LogP contribution in [0.5, 0.6) is 0 Å². The van der Waals surface area contributed by atoms with Gasteiger partial charge < -0.3 is 10.3 Å². The molecule has 1 unspecified atom stereocenters. The molecular weight excluding hydrogens is 234 g/mol. The van der Waals surface area contributed by atoms with Crippen LogP contribution in [0, 0.1) is 0 Å². The van der Waals surface area contributed by atoms with Crippen LogP contribution in [0.1, 0.15) is 50.9 Å². The van der Waals surface area contributed by atoms with Gasteiger partial charge in [-0.3, -0.25) is 0 Å². The number of imidazole rings is 1. The third kappa shape index (κ3) is 2.52. The van der Waals surface area contributed by atoms with Crippen LogP contribution < -0.4 is 5.32 Å². The van der Waals surface area contributed by atoms with Gasteiger partial charge in [-0.05, 0) is 43.0 Å². The van der Waals surface area contributed by atoms with Gasteiger partial charge in [-0.2, -0.15) is 0 Å². The summed E-state index contributed by atoms with van der Waals surface area (Å²) < 4.78 is 0. The van der Waals surface area contributed by atoms with Crippen molar-refractivity contribution >= 4 is 11.0 Å². The standard InChI is InChI=1S/C16H23N3/c1-16(2,3)15-18-13-7-6-11(9-14(13)19-15)12-5-4-8-17-10-12/h6-7,9,12,17H,4-5,8,10H2,1-3H3,(H,18,19). The van der Waals surface area contributed by atoms with Crippen LogP contribution in [0.15, 0.2) is 18.2 Å². The number of nitrogens with one attached hydrogen (secondary N) is 2. The third-order valence-electron chi connectivity index (χ3n) is 3.98. The Morgan fingerprint density at radius 1 is 1.26 bits per heavy atom. The number of nitrogens with zero attached hydrogens (tertiary/aromatic N) is 1. The van der Waals surface area contributed by atoms with Gasteiger partial charge in [-0.25, -0.2) is 4.98 Å². The molecule has 2 heterocycles. The van der Waals surface area contributed by atoms with Crippen LogP contribution >= 0.6 is 0 Å². The average molecular weight is 257 g/mol. The maximum Gasteiger partial charge on any atom is 0.112 e. The number of hydrogen-bond donors (Lipinski definition) is 2. The fraction of sp³-hybridized carbons (Fsp3) is 0.562. The minimum absolute atomic E-state index is 0.0750. The molecule has 1 atom stereocenters. The number of aromatic nitrogens is 2. The lowest BCUT2D eigenvalue weighted by Crippen LogP contribution is -2.28.